The Morgan fingerprint density at radius 3 is 1.80 bits per heavy atom. The molecule has 0 radical (unpaired) electrons. The maximum Gasteiger partial charge on any atom is 0.188 e. The fraction of sp³-hybridized carbons (Fsp3) is 0.0222. The Hall–Kier alpha value is -6.88. The second-order valence-corrected chi connectivity index (χ2v) is 12.7. The highest BCUT2D eigenvalue weighted by Gasteiger charge is 2.51. The highest BCUT2D eigenvalue weighted by atomic mass is 15.2. The van der Waals surface area contributed by atoms with Crippen molar-refractivity contribution in [2.45, 2.75) is 5.41 Å². The molecule has 2 aliphatic rings. The SMILES string of the molecule is [C-]#[N+]c1ccc2c(c1)C1(c3ccccc3-2)c2ccccc2N(c2cccc(-n3c4ccccc4c4cc([N+]#[C-])ccc43)c2)c2ccccc21. The molecule has 8 aromatic rings. The molecule has 2 heterocycles. The predicted molar refractivity (Wildman–Crippen MR) is 199 cm³/mol. The minimum atomic E-state index is -0.582. The van der Waals surface area contributed by atoms with Crippen LogP contribution in [0, 0.1) is 13.1 Å². The number of nitrogens with zero attached hydrogens (tertiary/aromatic N) is 4. The lowest BCUT2D eigenvalue weighted by atomic mass is 9.64. The molecule has 0 bridgehead atoms. The summed E-state index contributed by atoms with van der Waals surface area (Å²) in [6.07, 6.45) is 0. The molecule has 1 aliphatic heterocycles. The number of rotatable bonds is 2. The van der Waals surface area contributed by atoms with Crippen LogP contribution in [-0.4, -0.2) is 4.57 Å². The van der Waals surface area contributed by atoms with E-state index in [1.807, 2.05) is 18.2 Å². The fourth-order valence-corrected chi connectivity index (χ4v) is 8.52. The molecule has 0 saturated heterocycles. The monoisotopic (exact) mass is 622 g/mol. The van der Waals surface area contributed by atoms with Gasteiger partial charge < -0.3 is 9.47 Å². The van der Waals surface area contributed by atoms with E-state index in [-0.39, 0.29) is 0 Å². The van der Waals surface area contributed by atoms with E-state index in [0.717, 1.165) is 50.1 Å². The highest BCUT2D eigenvalue weighted by Crippen LogP contribution is 2.63. The van der Waals surface area contributed by atoms with E-state index < -0.39 is 5.41 Å². The van der Waals surface area contributed by atoms with Gasteiger partial charge in [0.25, 0.3) is 0 Å². The number of anilines is 3. The number of para-hydroxylation sites is 3. The average Bonchev–Trinajstić information content (AvgIpc) is 3.65. The Labute approximate surface area is 284 Å². The van der Waals surface area contributed by atoms with Gasteiger partial charge in [0.1, 0.15) is 0 Å². The van der Waals surface area contributed by atoms with Crippen LogP contribution in [0.4, 0.5) is 28.4 Å². The van der Waals surface area contributed by atoms with Crippen LogP contribution in [0.25, 0.3) is 48.3 Å². The summed E-state index contributed by atoms with van der Waals surface area (Å²) >= 11 is 0. The van der Waals surface area contributed by atoms with Crippen LogP contribution < -0.4 is 4.90 Å². The Bertz CT molecular complexity index is 2720. The molecule has 10 rings (SSSR count). The summed E-state index contributed by atoms with van der Waals surface area (Å²) < 4.78 is 2.31. The van der Waals surface area contributed by atoms with Crippen LogP contribution in [-0.2, 0) is 5.41 Å². The summed E-state index contributed by atoms with van der Waals surface area (Å²) in [6.45, 7) is 15.5. The van der Waals surface area contributed by atoms with Crippen LogP contribution >= 0.6 is 0 Å². The summed E-state index contributed by atoms with van der Waals surface area (Å²) in [5, 5.41) is 2.20. The first-order valence-electron chi connectivity index (χ1n) is 16.3. The van der Waals surface area contributed by atoms with E-state index in [4.69, 9.17) is 13.1 Å². The number of hydrogen-bond acceptors (Lipinski definition) is 1. The fourth-order valence-electron chi connectivity index (χ4n) is 8.52. The molecule has 1 aliphatic carbocycles. The molecule has 49 heavy (non-hydrogen) atoms. The van der Waals surface area contributed by atoms with Gasteiger partial charge >= 0.3 is 0 Å². The first kappa shape index (κ1) is 27.3. The summed E-state index contributed by atoms with van der Waals surface area (Å²) in [6, 6.07) is 55.6. The minimum Gasteiger partial charge on any atom is -0.310 e. The maximum atomic E-state index is 7.91. The second kappa shape index (κ2) is 10.1. The number of aromatic nitrogens is 1. The van der Waals surface area contributed by atoms with Gasteiger partial charge in [-0.1, -0.05) is 109 Å². The molecule has 226 valence electrons. The topological polar surface area (TPSA) is 16.9 Å². The molecule has 1 aromatic heterocycles. The van der Waals surface area contributed by atoms with Gasteiger partial charge in [-0.2, -0.15) is 0 Å². The van der Waals surface area contributed by atoms with Gasteiger partial charge in [-0.15, -0.1) is 0 Å². The molecule has 0 fully saturated rings. The zero-order valence-corrected chi connectivity index (χ0v) is 26.3. The molecule has 0 saturated carbocycles. The Kier molecular flexibility index (Phi) is 5.59. The van der Waals surface area contributed by atoms with Crippen molar-refractivity contribution in [3.63, 3.8) is 0 Å². The van der Waals surface area contributed by atoms with Gasteiger partial charge in [0.05, 0.1) is 41.0 Å². The van der Waals surface area contributed by atoms with E-state index in [2.05, 4.69) is 159 Å². The van der Waals surface area contributed by atoms with Crippen molar-refractivity contribution in [2.24, 2.45) is 0 Å². The standard InChI is InChI=1S/C45H26N4/c1-46-29-23-25-42-36(26-29)35-15-4-8-19-41(35)48(42)31-12-11-13-32(28-31)49-43-20-9-6-17-38(43)45(39-18-7-10-21-44(39)49)37-16-5-3-14-33(37)34-24-22-30(47-2)27-40(34)45/h3-28H. The van der Waals surface area contributed by atoms with Gasteiger partial charge in [0.15, 0.2) is 11.4 Å². The van der Waals surface area contributed by atoms with Crippen molar-refractivity contribution in [3.8, 4) is 16.8 Å². The van der Waals surface area contributed by atoms with Crippen LogP contribution in [0.3, 0.4) is 0 Å². The Balaban J connectivity index is 1.25. The Morgan fingerprint density at radius 1 is 0.429 bits per heavy atom. The van der Waals surface area contributed by atoms with Gasteiger partial charge in [0.2, 0.25) is 0 Å². The van der Waals surface area contributed by atoms with Crippen molar-refractivity contribution in [3.05, 3.63) is 203 Å². The lowest BCUT2D eigenvalue weighted by Gasteiger charge is -2.45. The zero-order chi connectivity index (χ0) is 32.7. The second-order valence-electron chi connectivity index (χ2n) is 12.7. The molecule has 0 amide bonds. The van der Waals surface area contributed by atoms with Crippen molar-refractivity contribution < 1.29 is 0 Å². The molecule has 1 spiro atoms. The average molecular weight is 623 g/mol. The van der Waals surface area contributed by atoms with E-state index in [1.54, 1.807) is 0 Å². The van der Waals surface area contributed by atoms with Crippen molar-refractivity contribution >= 4 is 50.2 Å². The summed E-state index contributed by atoms with van der Waals surface area (Å²) in [4.78, 5) is 9.98. The van der Waals surface area contributed by atoms with E-state index in [0.29, 0.717) is 11.4 Å². The third-order valence-electron chi connectivity index (χ3n) is 10.4. The lowest BCUT2D eigenvalue weighted by Crippen LogP contribution is -2.36. The normalized spacial score (nSPS) is 13.4. The molecular weight excluding hydrogens is 597 g/mol. The molecule has 4 heteroatoms. The third-order valence-corrected chi connectivity index (χ3v) is 10.4. The molecule has 7 aromatic carbocycles. The predicted octanol–water partition coefficient (Wildman–Crippen LogP) is 12.0. The highest BCUT2D eigenvalue weighted by molar-refractivity contribution is 6.10. The first-order chi connectivity index (χ1) is 24.2. The van der Waals surface area contributed by atoms with Crippen molar-refractivity contribution in [1.82, 2.24) is 4.57 Å². The van der Waals surface area contributed by atoms with Crippen LogP contribution in [0.2, 0.25) is 0 Å². The molecule has 4 nitrogen and oxygen atoms in total. The summed E-state index contributed by atoms with van der Waals surface area (Å²) in [7, 11) is 0. The van der Waals surface area contributed by atoms with E-state index in [9.17, 15) is 0 Å². The molecule has 0 N–H and O–H groups in total. The Morgan fingerprint density at radius 2 is 1.02 bits per heavy atom. The number of benzene rings is 7. The largest absolute Gasteiger partial charge is 0.310 e. The lowest BCUT2D eigenvalue weighted by molar-refractivity contribution is 0.753. The molecule has 0 unspecified atom stereocenters. The number of hydrogen-bond donors (Lipinski definition) is 0. The van der Waals surface area contributed by atoms with Gasteiger partial charge in [-0.25, -0.2) is 9.69 Å². The van der Waals surface area contributed by atoms with E-state index in [1.165, 1.54) is 27.8 Å². The van der Waals surface area contributed by atoms with Gasteiger partial charge in [0, 0.05) is 16.8 Å². The third kappa shape index (κ3) is 3.55. The minimum absolute atomic E-state index is 0.582. The van der Waals surface area contributed by atoms with Crippen LogP contribution in [0.15, 0.2) is 158 Å². The first-order valence-corrected chi connectivity index (χ1v) is 16.3. The number of fused-ring (bicyclic) bond motifs is 12. The van der Waals surface area contributed by atoms with Crippen molar-refractivity contribution in [1.29, 1.82) is 0 Å². The maximum absolute atomic E-state index is 7.91. The molecular formula is C45H26N4. The quantitative estimate of drug-likeness (QED) is 0.175. The van der Waals surface area contributed by atoms with Crippen LogP contribution in [0.1, 0.15) is 22.3 Å². The smallest absolute Gasteiger partial charge is 0.188 e. The van der Waals surface area contributed by atoms with Crippen molar-refractivity contribution in [2.75, 3.05) is 4.90 Å². The van der Waals surface area contributed by atoms with Gasteiger partial charge in [-0.05, 0) is 87.3 Å². The molecule has 0 atom stereocenters. The van der Waals surface area contributed by atoms with E-state index >= 15 is 0 Å². The van der Waals surface area contributed by atoms with Crippen LogP contribution in [0.5, 0.6) is 0 Å². The zero-order valence-electron chi connectivity index (χ0n) is 26.3. The summed E-state index contributed by atoms with van der Waals surface area (Å²) in [5.41, 5.74) is 14.4. The summed E-state index contributed by atoms with van der Waals surface area (Å²) in [5.74, 6) is 0. The van der Waals surface area contributed by atoms with Gasteiger partial charge in [-0.3, -0.25) is 0 Å².